The molecule has 0 saturated heterocycles. The summed E-state index contributed by atoms with van der Waals surface area (Å²) >= 11 is 0. The van der Waals surface area contributed by atoms with Crippen molar-refractivity contribution < 1.29 is 18.1 Å². The quantitative estimate of drug-likeness (QED) is 0.546. The van der Waals surface area contributed by atoms with Crippen LogP contribution in [0.3, 0.4) is 0 Å². The summed E-state index contributed by atoms with van der Waals surface area (Å²) < 4.78 is 37.7. The van der Waals surface area contributed by atoms with Crippen molar-refractivity contribution in [2.24, 2.45) is 0 Å². The predicted octanol–water partition coefficient (Wildman–Crippen LogP) is 4.91. The van der Waals surface area contributed by atoms with Crippen LogP contribution in [0.15, 0.2) is 54.7 Å². The van der Waals surface area contributed by atoms with E-state index in [0.29, 0.717) is 22.3 Å². The number of nitro groups is 1. The van der Waals surface area contributed by atoms with Gasteiger partial charge in [-0.2, -0.15) is 13.2 Å². The molecular formula is C16H10F3N3O2. The highest BCUT2D eigenvalue weighted by Crippen LogP contribution is 2.32. The number of alkyl halides is 3. The number of aromatic nitrogens is 1. The van der Waals surface area contributed by atoms with Crippen LogP contribution in [0.5, 0.6) is 0 Å². The van der Waals surface area contributed by atoms with Crippen molar-refractivity contribution in [3.63, 3.8) is 0 Å². The predicted molar refractivity (Wildman–Crippen MR) is 83.1 cm³/mol. The smallest absolute Gasteiger partial charge is 0.340 e. The molecule has 2 aromatic carbocycles. The lowest BCUT2D eigenvalue weighted by Gasteiger charge is -2.10. The first kappa shape index (κ1) is 15.7. The molecule has 0 radical (unpaired) electrons. The lowest BCUT2D eigenvalue weighted by atomic mass is 10.1. The Bertz CT molecular complexity index is 909. The van der Waals surface area contributed by atoms with E-state index in [1.54, 1.807) is 6.07 Å². The van der Waals surface area contributed by atoms with Gasteiger partial charge in [-0.3, -0.25) is 10.1 Å². The van der Waals surface area contributed by atoms with Crippen LogP contribution in [0, 0.1) is 10.1 Å². The van der Waals surface area contributed by atoms with Crippen LogP contribution in [0.4, 0.5) is 30.4 Å². The average Bonchev–Trinajstić information content (AvgIpc) is 2.54. The molecule has 1 heterocycles. The van der Waals surface area contributed by atoms with E-state index in [1.165, 1.54) is 36.5 Å². The normalized spacial score (nSPS) is 11.5. The summed E-state index contributed by atoms with van der Waals surface area (Å²) in [5.74, 6) is 0.330. The van der Waals surface area contributed by atoms with Crippen molar-refractivity contribution in [2.45, 2.75) is 6.18 Å². The van der Waals surface area contributed by atoms with Gasteiger partial charge in [-0.1, -0.05) is 12.1 Å². The van der Waals surface area contributed by atoms with Gasteiger partial charge in [-0.15, -0.1) is 0 Å². The number of hydrogen-bond acceptors (Lipinski definition) is 4. The van der Waals surface area contributed by atoms with Crippen LogP contribution in [0.1, 0.15) is 5.56 Å². The zero-order chi connectivity index (χ0) is 17.3. The van der Waals surface area contributed by atoms with E-state index in [-0.39, 0.29) is 5.69 Å². The van der Waals surface area contributed by atoms with Crippen molar-refractivity contribution in [1.29, 1.82) is 0 Å². The third-order valence-electron chi connectivity index (χ3n) is 3.45. The highest BCUT2D eigenvalue weighted by Gasteiger charge is 2.29. The molecule has 0 atom stereocenters. The number of nitrogens with zero attached hydrogens (tertiary/aromatic N) is 2. The summed E-state index contributed by atoms with van der Waals surface area (Å²) in [4.78, 5) is 14.7. The summed E-state index contributed by atoms with van der Waals surface area (Å²) in [6.45, 7) is 0. The third kappa shape index (κ3) is 2.98. The monoisotopic (exact) mass is 333 g/mol. The number of pyridine rings is 1. The summed E-state index contributed by atoms with van der Waals surface area (Å²) in [6, 6.07) is 10.5. The second-order valence-electron chi connectivity index (χ2n) is 4.99. The Morgan fingerprint density at radius 1 is 1.00 bits per heavy atom. The SMILES string of the molecule is O=[N+]([O-])c1cccc2c(Nc3ccc(C(F)(F)F)cc3)nccc12. The molecule has 0 fully saturated rings. The molecule has 0 unspecified atom stereocenters. The van der Waals surface area contributed by atoms with E-state index in [0.717, 1.165) is 12.1 Å². The maximum atomic E-state index is 12.6. The molecule has 5 nitrogen and oxygen atoms in total. The number of nitro benzene ring substituents is 1. The molecule has 0 spiro atoms. The van der Waals surface area contributed by atoms with Gasteiger partial charge in [-0.05, 0) is 30.3 Å². The Hall–Kier alpha value is -3.16. The molecule has 3 aromatic rings. The minimum atomic E-state index is -4.41. The first-order chi connectivity index (χ1) is 11.4. The van der Waals surface area contributed by atoms with E-state index >= 15 is 0 Å². The molecule has 0 bridgehead atoms. The molecule has 3 rings (SSSR count). The number of non-ortho nitro benzene ring substituents is 1. The van der Waals surface area contributed by atoms with Crippen molar-refractivity contribution in [2.75, 3.05) is 5.32 Å². The Balaban J connectivity index is 1.99. The summed E-state index contributed by atoms with van der Waals surface area (Å²) in [5, 5.41) is 14.9. The zero-order valence-corrected chi connectivity index (χ0v) is 12.0. The van der Waals surface area contributed by atoms with Gasteiger partial charge < -0.3 is 5.32 Å². The summed E-state index contributed by atoms with van der Waals surface area (Å²) in [6.07, 6.45) is -3.00. The van der Waals surface area contributed by atoms with Gasteiger partial charge >= 0.3 is 6.18 Å². The Kier molecular flexibility index (Phi) is 3.80. The Morgan fingerprint density at radius 2 is 1.71 bits per heavy atom. The highest BCUT2D eigenvalue weighted by molar-refractivity contribution is 5.98. The van der Waals surface area contributed by atoms with Crippen LogP contribution in [0.25, 0.3) is 10.8 Å². The van der Waals surface area contributed by atoms with Gasteiger partial charge in [0, 0.05) is 23.3 Å². The number of anilines is 2. The van der Waals surface area contributed by atoms with Gasteiger partial charge in [-0.25, -0.2) is 4.98 Å². The number of rotatable bonds is 3. The van der Waals surface area contributed by atoms with E-state index in [4.69, 9.17) is 0 Å². The second kappa shape index (κ2) is 5.80. The molecule has 24 heavy (non-hydrogen) atoms. The summed E-state index contributed by atoms with van der Waals surface area (Å²) in [7, 11) is 0. The Morgan fingerprint density at radius 3 is 2.33 bits per heavy atom. The van der Waals surface area contributed by atoms with Crippen molar-refractivity contribution in [3.05, 3.63) is 70.4 Å². The summed E-state index contributed by atoms with van der Waals surface area (Å²) in [5.41, 5.74) is -0.422. The van der Waals surface area contributed by atoms with Crippen molar-refractivity contribution >= 4 is 28.0 Å². The number of halogens is 3. The molecule has 1 aromatic heterocycles. The molecule has 1 N–H and O–H groups in total. The molecule has 8 heteroatoms. The fourth-order valence-electron chi connectivity index (χ4n) is 2.33. The van der Waals surface area contributed by atoms with Crippen molar-refractivity contribution in [3.8, 4) is 0 Å². The van der Waals surface area contributed by atoms with Gasteiger partial charge in [0.2, 0.25) is 0 Å². The van der Waals surface area contributed by atoms with Crippen LogP contribution in [-0.4, -0.2) is 9.91 Å². The lowest BCUT2D eigenvalue weighted by molar-refractivity contribution is -0.383. The van der Waals surface area contributed by atoms with Gasteiger partial charge in [0.15, 0.2) is 0 Å². The van der Waals surface area contributed by atoms with Gasteiger partial charge in [0.1, 0.15) is 5.82 Å². The lowest BCUT2D eigenvalue weighted by Crippen LogP contribution is -2.04. The molecule has 0 aliphatic carbocycles. The fourth-order valence-corrected chi connectivity index (χ4v) is 2.33. The van der Waals surface area contributed by atoms with Crippen LogP contribution in [-0.2, 0) is 6.18 Å². The molecule has 122 valence electrons. The highest BCUT2D eigenvalue weighted by atomic mass is 19.4. The zero-order valence-electron chi connectivity index (χ0n) is 12.0. The number of hydrogen-bond donors (Lipinski definition) is 1. The van der Waals surface area contributed by atoms with E-state index in [9.17, 15) is 23.3 Å². The van der Waals surface area contributed by atoms with E-state index < -0.39 is 16.7 Å². The maximum absolute atomic E-state index is 12.6. The largest absolute Gasteiger partial charge is 0.416 e. The standard InChI is InChI=1S/C16H10F3N3O2/c17-16(18,19)10-4-6-11(7-5-10)21-15-13-2-1-3-14(22(23)24)12(13)8-9-20-15/h1-9H,(H,20,21). The minimum Gasteiger partial charge on any atom is -0.340 e. The number of nitrogens with one attached hydrogen (secondary N) is 1. The topological polar surface area (TPSA) is 68.1 Å². The average molecular weight is 333 g/mol. The molecule has 0 aliphatic rings. The number of benzene rings is 2. The Labute approximate surface area is 133 Å². The van der Waals surface area contributed by atoms with Crippen LogP contribution in [0.2, 0.25) is 0 Å². The van der Waals surface area contributed by atoms with Crippen LogP contribution >= 0.6 is 0 Å². The maximum Gasteiger partial charge on any atom is 0.416 e. The second-order valence-corrected chi connectivity index (χ2v) is 4.99. The minimum absolute atomic E-state index is 0.0645. The van der Waals surface area contributed by atoms with Gasteiger partial charge in [0.05, 0.1) is 15.9 Å². The third-order valence-corrected chi connectivity index (χ3v) is 3.45. The molecular weight excluding hydrogens is 323 g/mol. The fraction of sp³-hybridized carbons (Fsp3) is 0.0625. The van der Waals surface area contributed by atoms with Gasteiger partial charge in [0.25, 0.3) is 5.69 Å². The van der Waals surface area contributed by atoms with Crippen LogP contribution < -0.4 is 5.32 Å². The van der Waals surface area contributed by atoms with E-state index in [2.05, 4.69) is 10.3 Å². The first-order valence-corrected chi connectivity index (χ1v) is 6.82. The molecule has 0 aliphatic heterocycles. The molecule has 0 amide bonds. The van der Waals surface area contributed by atoms with E-state index in [1.807, 2.05) is 0 Å². The van der Waals surface area contributed by atoms with Crippen molar-refractivity contribution in [1.82, 2.24) is 4.98 Å². The molecule has 0 saturated carbocycles. The number of fused-ring (bicyclic) bond motifs is 1. The first-order valence-electron chi connectivity index (χ1n) is 6.82.